The summed E-state index contributed by atoms with van der Waals surface area (Å²) >= 11 is 0. The molecule has 1 rings (SSSR count). The third kappa shape index (κ3) is 2.82. The van der Waals surface area contributed by atoms with E-state index in [1.165, 1.54) is 0 Å². The van der Waals surface area contributed by atoms with Gasteiger partial charge in [-0.25, -0.2) is 0 Å². The van der Waals surface area contributed by atoms with Crippen LogP contribution in [0.25, 0.3) is 0 Å². The number of hydrogen-bond acceptors (Lipinski definition) is 3. The van der Waals surface area contributed by atoms with Gasteiger partial charge < -0.3 is 15.2 Å². The van der Waals surface area contributed by atoms with Crippen molar-refractivity contribution < 1.29 is 9.84 Å². The molecular formula is C13H21NO2. The Morgan fingerprint density at radius 3 is 2.56 bits per heavy atom. The fourth-order valence-electron chi connectivity index (χ4n) is 1.75. The van der Waals surface area contributed by atoms with Crippen LogP contribution >= 0.6 is 0 Å². The van der Waals surface area contributed by atoms with Gasteiger partial charge in [0.25, 0.3) is 0 Å². The summed E-state index contributed by atoms with van der Waals surface area (Å²) in [7, 11) is 3.51. The highest BCUT2D eigenvalue weighted by Gasteiger charge is 2.24. The Kier molecular flexibility index (Phi) is 4.47. The molecule has 3 heteroatoms. The lowest BCUT2D eigenvalue weighted by atomic mass is 9.90. The van der Waals surface area contributed by atoms with Gasteiger partial charge in [0.1, 0.15) is 0 Å². The minimum Gasteiger partial charge on any atom is -0.387 e. The lowest BCUT2D eigenvalue weighted by molar-refractivity contribution is 0.0162. The standard InChI is InChI=1S/C13H21NO2/c1-13(2,16-4)11-8-6-5-7-10(11)12(15)9-14-3/h5-8,12,14-15H,9H2,1-4H3. The molecule has 0 fully saturated rings. The molecule has 0 aromatic heterocycles. The number of aliphatic hydroxyl groups excluding tert-OH is 1. The van der Waals surface area contributed by atoms with Crippen molar-refractivity contribution in [3.05, 3.63) is 35.4 Å². The van der Waals surface area contributed by atoms with E-state index >= 15 is 0 Å². The van der Waals surface area contributed by atoms with Gasteiger partial charge in [0.2, 0.25) is 0 Å². The number of rotatable bonds is 5. The molecule has 0 spiro atoms. The minimum absolute atomic E-state index is 0.384. The van der Waals surface area contributed by atoms with Crippen molar-refractivity contribution >= 4 is 0 Å². The number of hydrogen-bond donors (Lipinski definition) is 2. The van der Waals surface area contributed by atoms with Gasteiger partial charge in [0, 0.05) is 13.7 Å². The van der Waals surface area contributed by atoms with Crippen LogP contribution in [0.3, 0.4) is 0 Å². The summed E-state index contributed by atoms with van der Waals surface area (Å²) in [6.07, 6.45) is -0.504. The summed E-state index contributed by atoms with van der Waals surface area (Å²) in [6.45, 7) is 4.53. The molecule has 0 bridgehead atoms. The Hall–Kier alpha value is -0.900. The Morgan fingerprint density at radius 2 is 2.00 bits per heavy atom. The maximum atomic E-state index is 10.0. The molecular weight excluding hydrogens is 202 g/mol. The number of likely N-dealkylation sites (N-methyl/N-ethyl adjacent to an activating group) is 1. The van der Waals surface area contributed by atoms with E-state index in [-0.39, 0.29) is 5.60 Å². The van der Waals surface area contributed by atoms with Crippen molar-refractivity contribution in [2.75, 3.05) is 20.7 Å². The molecule has 0 saturated carbocycles. The summed E-state index contributed by atoms with van der Waals surface area (Å²) in [4.78, 5) is 0. The van der Waals surface area contributed by atoms with Gasteiger partial charge in [-0.15, -0.1) is 0 Å². The maximum absolute atomic E-state index is 10.0. The number of benzene rings is 1. The van der Waals surface area contributed by atoms with E-state index in [0.29, 0.717) is 6.54 Å². The predicted molar refractivity (Wildman–Crippen MR) is 65.4 cm³/mol. The van der Waals surface area contributed by atoms with E-state index in [0.717, 1.165) is 11.1 Å². The van der Waals surface area contributed by atoms with Gasteiger partial charge in [-0.05, 0) is 32.0 Å². The van der Waals surface area contributed by atoms with E-state index in [2.05, 4.69) is 5.32 Å². The lowest BCUT2D eigenvalue weighted by Gasteiger charge is -2.28. The number of aliphatic hydroxyl groups is 1. The van der Waals surface area contributed by atoms with E-state index in [4.69, 9.17) is 4.74 Å². The normalized spacial score (nSPS) is 13.8. The van der Waals surface area contributed by atoms with Gasteiger partial charge in [0.15, 0.2) is 0 Å². The largest absolute Gasteiger partial charge is 0.387 e. The Bertz CT molecular complexity index is 336. The molecule has 1 aromatic carbocycles. The van der Waals surface area contributed by atoms with Gasteiger partial charge in [-0.1, -0.05) is 24.3 Å². The molecule has 2 N–H and O–H groups in total. The first kappa shape index (κ1) is 13.2. The van der Waals surface area contributed by atoms with E-state index in [1.807, 2.05) is 45.2 Å². The van der Waals surface area contributed by atoms with Crippen LogP contribution in [0.2, 0.25) is 0 Å². The molecule has 1 aromatic rings. The SMILES string of the molecule is CNCC(O)c1ccccc1C(C)(C)OC. The smallest absolute Gasteiger partial charge is 0.0917 e. The van der Waals surface area contributed by atoms with Crippen molar-refractivity contribution in [2.45, 2.75) is 25.6 Å². The second-order valence-corrected chi connectivity index (χ2v) is 4.38. The van der Waals surface area contributed by atoms with Crippen molar-refractivity contribution in [1.82, 2.24) is 5.32 Å². The van der Waals surface area contributed by atoms with Crippen molar-refractivity contribution in [1.29, 1.82) is 0 Å². The monoisotopic (exact) mass is 223 g/mol. The van der Waals surface area contributed by atoms with Crippen molar-refractivity contribution in [2.24, 2.45) is 0 Å². The van der Waals surface area contributed by atoms with Crippen LogP contribution in [0.1, 0.15) is 31.1 Å². The molecule has 3 nitrogen and oxygen atoms in total. The minimum atomic E-state index is -0.504. The van der Waals surface area contributed by atoms with Gasteiger partial charge in [-0.3, -0.25) is 0 Å². The van der Waals surface area contributed by atoms with Crippen molar-refractivity contribution in [3.8, 4) is 0 Å². The average Bonchev–Trinajstić information content (AvgIpc) is 2.29. The maximum Gasteiger partial charge on any atom is 0.0917 e. The highest BCUT2D eigenvalue weighted by atomic mass is 16.5. The molecule has 16 heavy (non-hydrogen) atoms. The number of nitrogens with one attached hydrogen (secondary N) is 1. The van der Waals surface area contributed by atoms with Crippen LogP contribution in [0, 0.1) is 0 Å². The van der Waals surface area contributed by atoms with Crippen LogP contribution in [0.15, 0.2) is 24.3 Å². The fraction of sp³-hybridized carbons (Fsp3) is 0.538. The number of methoxy groups -OCH3 is 1. The molecule has 1 unspecified atom stereocenters. The van der Waals surface area contributed by atoms with E-state index in [9.17, 15) is 5.11 Å². The summed E-state index contributed by atoms with van der Waals surface area (Å²) in [5.41, 5.74) is 1.56. The van der Waals surface area contributed by atoms with Gasteiger partial charge in [-0.2, -0.15) is 0 Å². The molecule has 0 aliphatic carbocycles. The van der Waals surface area contributed by atoms with Crippen molar-refractivity contribution in [3.63, 3.8) is 0 Å². The Labute approximate surface area is 97.4 Å². The molecule has 90 valence electrons. The number of ether oxygens (including phenoxy) is 1. The van der Waals surface area contributed by atoms with Crippen LogP contribution in [0.5, 0.6) is 0 Å². The fourth-order valence-corrected chi connectivity index (χ4v) is 1.75. The van der Waals surface area contributed by atoms with Gasteiger partial charge >= 0.3 is 0 Å². The molecule has 0 heterocycles. The summed E-state index contributed by atoms with van der Waals surface area (Å²) in [5.74, 6) is 0. The molecule has 0 saturated heterocycles. The van der Waals surface area contributed by atoms with Crippen LogP contribution < -0.4 is 5.32 Å². The molecule has 0 aliphatic heterocycles. The Balaban J connectivity index is 3.09. The summed E-state index contributed by atoms with van der Waals surface area (Å²) < 4.78 is 5.46. The first-order chi connectivity index (χ1) is 7.53. The average molecular weight is 223 g/mol. The molecule has 0 aliphatic rings. The third-order valence-electron chi connectivity index (χ3n) is 2.88. The van der Waals surface area contributed by atoms with Crippen LogP contribution in [0.4, 0.5) is 0 Å². The zero-order valence-electron chi connectivity index (χ0n) is 10.4. The zero-order chi connectivity index (χ0) is 12.2. The van der Waals surface area contributed by atoms with Gasteiger partial charge in [0.05, 0.1) is 11.7 Å². The highest BCUT2D eigenvalue weighted by molar-refractivity contribution is 5.33. The topological polar surface area (TPSA) is 41.5 Å². The van der Waals surface area contributed by atoms with Crippen LogP contribution in [-0.2, 0) is 10.3 Å². The van der Waals surface area contributed by atoms with E-state index in [1.54, 1.807) is 7.11 Å². The second kappa shape index (κ2) is 5.43. The second-order valence-electron chi connectivity index (χ2n) is 4.38. The predicted octanol–water partition coefficient (Wildman–Crippen LogP) is 1.82. The molecule has 0 radical (unpaired) electrons. The van der Waals surface area contributed by atoms with E-state index < -0.39 is 6.10 Å². The first-order valence-electron chi connectivity index (χ1n) is 5.50. The Morgan fingerprint density at radius 1 is 1.38 bits per heavy atom. The summed E-state index contributed by atoms with van der Waals surface area (Å²) in [5, 5.41) is 13.0. The van der Waals surface area contributed by atoms with Crippen LogP contribution in [-0.4, -0.2) is 25.8 Å². The quantitative estimate of drug-likeness (QED) is 0.800. The summed E-state index contributed by atoms with van der Waals surface area (Å²) in [6, 6.07) is 7.84. The highest BCUT2D eigenvalue weighted by Crippen LogP contribution is 2.30. The zero-order valence-corrected chi connectivity index (χ0v) is 10.4. The molecule has 1 atom stereocenters. The molecule has 0 amide bonds. The first-order valence-corrected chi connectivity index (χ1v) is 5.50. The lowest BCUT2D eigenvalue weighted by Crippen LogP contribution is -2.25. The third-order valence-corrected chi connectivity index (χ3v) is 2.88.